The van der Waals surface area contributed by atoms with Crippen LogP contribution in [0.5, 0.6) is 0 Å². The lowest BCUT2D eigenvalue weighted by Gasteiger charge is -2.50. The van der Waals surface area contributed by atoms with Crippen molar-refractivity contribution in [2.75, 3.05) is 13.1 Å². The van der Waals surface area contributed by atoms with Crippen LogP contribution < -0.4 is 16.4 Å². The third-order valence-corrected chi connectivity index (χ3v) is 3.33. The molecule has 2 rings (SSSR count). The number of rotatable bonds is 1. The number of guanidine groups is 1. The lowest BCUT2D eigenvalue weighted by Crippen LogP contribution is -2.65. The smallest absolute Gasteiger partial charge is 0.191 e. The van der Waals surface area contributed by atoms with Gasteiger partial charge in [-0.1, -0.05) is 13.8 Å². The lowest BCUT2D eigenvalue weighted by atomic mass is 9.63. The van der Waals surface area contributed by atoms with Gasteiger partial charge in [0.15, 0.2) is 5.96 Å². The van der Waals surface area contributed by atoms with E-state index in [9.17, 15) is 0 Å². The molecule has 1 heterocycles. The average Bonchev–Trinajstić information content (AvgIpc) is 2.56. The number of aliphatic imine (C=N–C) groups is 1. The summed E-state index contributed by atoms with van der Waals surface area (Å²) in [5.41, 5.74) is 6.12. The number of nitrogens with one attached hydrogen (secondary N) is 2. The van der Waals surface area contributed by atoms with Crippen LogP contribution >= 0.6 is 0 Å². The first-order valence-corrected chi connectivity index (χ1v) is 4.91. The molecule has 4 nitrogen and oxygen atoms in total. The molecule has 1 saturated carbocycles. The van der Waals surface area contributed by atoms with E-state index in [1.54, 1.807) is 0 Å². The zero-order valence-electron chi connectivity index (χ0n) is 8.30. The van der Waals surface area contributed by atoms with E-state index in [-0.39, 0.29) is 5.41 Å². The molecule has 2 aliphatic rings. The third kappa shape index (κ3) is 1.39. The maximum atomic E-state index is 5.92. The molecule has 0 spiro atoms. The molecular weight excluding hydrogens is 164 g/mol. The van der Waals surface area contributed by atoms with Crippen LogP contribution in [-0.4, -0.2) is 31.1 Å². The first kappa shape index (κ1) is 8.81. The highest BCUT2D eigenvalue weighted by Gasteiger charge is 2.46. The molecule has 0 bridgehead atoms. The van der Waals surface area contributed by atoms with Crippen molar-refractivity contribution in [2.24, 2.45) is 16.1 Å². The molecule has 0 aromatic carbocycles. The van der Waals surface area contributed by atoms with Gasteiger partial charge >= 0.3 is 0 Å². The summed E-state index contributed by atoms with van der Waals surface area (Å²) >= 11 is 0. The largest absolute Gasteiger partial charge is 0.355 e. The molecule has 13 heavy (non-hydrogen) atoms. The van der Waals surface area contributed by atoms with E-state index in [1.807, 2.05) is 0 Å². The van der Waals surface area contributed by atoms with Crippen LogP contribution in [0.4, 0.5) is 0 Å². The molecule has 0 aromatic rings. The van der Waals surface area contributed by atoms with E-state index < -0.39 is 0 Å². The summed E-state index contributed by atoms with van der Waals surface area (Å²) in [6.45, 7) is 6.26. The molecule has 1 fully saturated rings. The van der Waals surface area contributed by atoms with E-state index >= 15 is 0 Å². The van der Waals surface area contributed by atoms with E-state index in [2.05, 4.69) is 29.5 Å². The van der Waals surface area contributed by atoms with E-state index in [1.165, 1.54) is 0 Å². The van der Waals surface area contributed by atoms with Crippen molar-refractivity contribution < 1.29 is 0 Å². The highest BCUT2D eigenvalue weighted by Crippen LogP contribution is 2.38. The van der Waals surface area contributed by atoms with Crippen molar-refractivity contribution in [3.05, 3.63) is 0 Å². The van der Waals surface area contributed by atoms with Gasteiger partial charge in [-0.25, -0.2) is 0 Å². The summed E-state index contributed by atoms with van der Waals surface area (Å²) in [5, 5.41) is 6.60. The number of hydrogen-bond donors (Lipinski definition) is 3. The Balaban J connectivity index is 1.90. The van der Waals surface area contributed by atoms with Crippen molar-refractivity contribution in [1.82, 2.24) is 10.6 Å². The van der Waals surface area contributed by atoms with Crippen molar-refractivity contribution in [2.45, 2.75) is 32.4 Å². The van der Waals surface area contributed by atoms with Gasteiger partial charge in [0.1, 0.15) is 0 Å². The van der Waals surface area contributed by atoms with Gasteiger partial charge in [0.05, 0.1) is 6.54 Å². The van der Waals surface area contributed by atoms with Crippen LogP contribution in [-0.2, 0) is 0 Å². The summed E-state index contributed by atoms with van der Waals surface area (Å²) in [5.74, 6) is 0.949. The van der Waals surface area contributed by atoms with E-state index in [4.69, 9.17) is 5.73 Å². The summed E-state index contributed by atoms with van der Waals surface area (Å²) in [4.78, 5) is 4.30. The standard InChI is InChI=1S/C9H18N4/c1-9(2)6(10)5-7(9)13-8-11-3-4-12-8/h6-7H,3-5,10H2,1-2H3,(H2,11,12,13). The Morgan fingerprint density at radius 1 is 1.62 bits per heavy atom. The predicted octanol–water partition coefficient (Wildman–Crippen LogP) is -0.339. The molecular formula is C9H18N4. The maximum Gasteiger partial charge on any atom is 0.191 e. The molecule has 0 aromatic heterocycles. The van der Waals surface area contributed by atoms with Gasteiger partial charge in [-0.2, -0.15) is 0 Å². The Kier molecular flexibility index (Phi) is 1.95. The summed E-state index contributed by atoms with van der Waals surface area (Å²) in [6, 6.07) is 0.804. The second kappa shape index (κ2) is 2.87. The van der Waals surface area contributed by atoms with Gasteiger partial charge in [-0.3, -0.25) is 4.99 Å². The summed E-state index contributed by atoms with van der Waals surface area (Å²) < 4.78 is 0. The summed E-state index contributed by atoms with van der Waals surface area (Å²) in [7, 11) is 0. The van der Waals surface area contributed by atoms with Crippen LogP contribution in [0.2, 0.25) is 0 Å². The highest BCUT2D eigenvalue weighted by atomic mass is 15.2. The monoisotopic (exact) mass is 182 g/mol. The van der Waals surface area contributed by atoms with Gasteiger partial charge < -0.3 is 16.4 Å². The van der Waals surface area contributed by atoms with Crippen LogP contribution in [0, 0.1) is 5.41 Å². The lowest BCUT2D eigenvalue weighted by molar-refractivity contribution is 0.0873. The van der Waals surface area contributed by atoms with Gasteiger partial charge in [0.25, 0.3) is 0 Å². The van der Waals surface area contributed by atoms with Crippen molar-refractivity contribution in [3.63, 3.8) is 0 Å². The molecule has 4 heteroatoms. The zero-order chi connectivity index (χ0) is 9.47. The Morgan fingerprint density at radius 3 is 2.85 bits per heavy atom. The molecule has 1 aliphatic heterocycles. The molecule has 2 unspecified atom stereocenters. The number of nitrogens with two attached hydrogens (primary N) is 1. The van der Waals surface area contributed by atoms with Crippen molar-refractivity contribution in [1.29, 1.82) is 0 Å². The SMILES string of the molecule is CC1(C)C(N)CC1NC1=NCCN1. The molecule has 0 saturated heterocycles. The summed E-state index contributed by atoms with van der Waals surface area (Å²) in [6.07, 6.45) is 1.05. The maximum absolute atomic E-state index is 5.92. The zero-order valence-corrected chi connectivity index (χ0v) is 8.30. The molecule has 4 N–H and O–H groups in total. The topological polar surface area (TPSA) is 62.4 Å². The normalized spacial score (nSPS) is 36.1. The Hall–Kier alpha value is -0.770. The van der Waals surface area contributed by atoms with Gasteiger partial charge in [-0.05, 0) is 6.42 Å². The van der Waals surface area contributed by atoms with E-state index in [0.717, 1.165) is 25.5 Å². The van der Waals surface area contributed by atoms with Crippen LogP contribution in [0.3, 0.4) is 0 Å². The number of nitrogens with zero attached hydrogens (tertiary/aromatic N) is 1. The van der Waals surface area contributed by atoms with E-state index in [0.29, 0.717) is 12.1 Å². The molecule has 1 aliphatic carbocycles. The average molecular weight is 182 g/mol. The molecule has 2 atom stereocenters. The first-order valence-electron chi connectivity index (χ1n) is 4.91. The fraction of sp³-hybridized carbons (Fsp3) is 0.889. The molecule has 0 radical (unpaired) electrons. The fourth-order valence-corrected chi connectivity index (χ4v) is 1.86. The van der Waals surface area contributed by atoms with Crippen molar-refractivity contribution in [3.8, 4) is 0 Å². The minimum atomic E-state index is 0.201. The highest BCUT2D eigenvalue weighted by molar-refractivity contribution is 5.81. The second-order valence-electron chi connectivity index (χ2n) is 4.52. The first-order chi connectivity index (χ1) is 6.10. The minimum Gasteiger partial charge on any atom is -0.355 e. The van der Waals surface area contributed by atoms with Crippen LogP contribution in [0.1, 0.15) is 20.3 Å². The Morgan fingerprint density at radius 2 is 2.38 bits per heavy atom. The third-order valence-electron chi connectivity index (χ3n) is 3.33. The Bertz CT molecular complexity index is 234. The Labute approximate surface area is 79.0 Å². The molecule has 0 amide bonds. The van der Waals surface area contributed by atoms with Crippen molar-refractivity contribution >= 4 is 5.96 Å². The molecule has 74 valence electrons. The second-order valence-corrected chi connectivity index (χ2v) is 4.52. The van der Waals surface area contributed by atoms with Crippen LogP contribution in [0.15, 0.2) is 4.99 Å². The number of hydrogen-bond acceptors (Lipinski definition) is 4. The predicted molar refractivity (Wildman–Crippen MR) is 53.6 cm³/mol. The minimum absolute atomic E-state index is 0.201. The van der Waals surface area contributed by atoms with Gasteiger partial charge in [0, 0.05) is 24.0 Å². The van der Waals surface area contributed by atoms with Crippen LogP contribution in [0.25, 0.3) is 0 Å². The van der Waals surface area contributed by atoms with Gasteiger partial charge in [-0.15, -0.1) is 0 Å². The quantitative estimate of drug-likeness (QED) is 0.520. The van der Waals surface area contributed by atoms with Gasteiger partial charge in [0.2, 0.25) is 0 Å². The fourth-order valence-electron chi connectivity index (χ4n) is 1.86.